The predicted molar refractivity (Wildman–Crippen MR) is 137 cm³/mol. The number of hydrogen-bond donors (Lipinski definition) is 1. The average Bonchev–Trinajstić information content (AvgIpc) is 2.83. The Balaban J connectivity index is 1.66. The van der Waals surface area contributed by atoms with Gasteiger partial charge in [0.1, 0.15) is 12.2 Å². The zero-order chi connectivity index (χ0) is 25.1. The summed E-state index contributed by atoms with van der Waals surface area (Å²) < 4.78 is 11.9. The normalized spacial score (nSPS) is 14.8. The van der Waals surface area contributed by atoms with Gasteiger partial charge in [0.05, 0.1) is 22.3 Å². The van der Waals surface area contributed by atoms with Crippen LogP contribution in [-0.4, -0.2) is 25.0 Å². The summed E-state index contributed by atoms with van der Waals surface area (Å²) in [5.74, 6) is -0.846. The second-order valence-corrected chi connectivity index (χ2v) is 8.99. The Morgan fingerprint density at radius 2 is 1.69 bits per heavy atom. The van der Waals surface area contributed by atoms with Crippen molar-refractivity contribution in [2.75, 3.05) is 12.0 Å². The zero-order valence-corrected chi connectivity index (χ0v) is 21.3. The summed E-state index contributed by atoms with van der Waals surface area (Å²) in [7, 11) is 1.47. The molecule has 1 heterocycles. The van der Waals surface area contributed by atoms with Crippen LogP contribution in [0.25, 0.3) is 6.08 Å². The number of urea groups is 1. The van der Waals surface area contributed by atoms with Gasteiger partial charge in [-0.25, -0.2) is 9.69 Å². The van der Waals surface area contributed by atoms with Crippen molar-refractivity contribution >= 4 is 68.7 Å². The van der Waals surface area contributed by atoms with Crippen molar-refractivity contribution in [2.45, 2.75) is 6.61 Å². The van der Waals surface area contributed by atoms with Gasteiger partial charge in [-0.1, -0.05) is 53.5 Å². The first-order chi connectivity index (χ1) is 16.8. The van der Waals surface area contributed by atoms with Crippen LogP contribution >= 0.6 is 39.1 Å². The maximum Gasteiger partial charge on any atom is 0.335 e. The van der Waals surface area contributed by atoms with E-state index in [1.54, 1.807) is 36.4 Å². The Kier molecular flexibility index (Phi) is 7.45. The lowest BCUT2D eigenvalue weighted by molar-refractivity contribution is -0.122. The molecule has 1 saturated heterocycles. The van der Waals surface area contributed by atoms with Crippen LogP contribution in [0, 0.1) is 0 Å². The topological polar surface area (TPSA) is 84.9 Å². The van der Waals surface area contributed by atoms with Crippen LogP contribution in [0.5, 0.6) is 11.5 Å². The maximum absolute atomic E-state index is 13.1. The summed E-state index contributed by atoms with van der Waals surface area (Å²) in [5, 5.41) is 2.94. The molecule has 0 saturated carbocycles. The Labute approximate surface area is 219 Å². The van der Waals surface area contributed by atoms with E-state index in [2.05, 4.69) is 21.2 Å². The molecule has 0 bridgehead atoms. The van der Waals surface area contributed by atoms with Crippen molar-refractivity contribution in [1.29, 1.82) is 0 Å². The van der Waals surface area contributed by atoms with Crippen molar-refractivity contribution in [3.63, 3.8) is 0 Å². The lowest BCUT2D eigenvalue weighted by atomic mass is 10.1. The summed E-state index contributed by atoms with van der Waals surface area (Å²) >= 11 is 15.8. The maximum atomic E-state index is 13.1. The van der Waals surface area contributed by atoms with Gasteiger partial charge < -0.3 is 9.47 Å². The lowest BCUT2D eigenvalue weighted by Gasteiger charge is -2.27. The van der Waals surface area contributed by atoms with Crippen LogP contribution in [0.4, 0.5) is 10.5 Å². The molecule has 178 valence electrons. The van der Waals surface area contributed by atoms with Gasteiger partial charge in [0.2, 0.25) is 0 Å². The number of halogens is 3. The molecular formula is C25H17BrCl2N2O5. The monoisotopic (exact) mass is 574 g/mol. The van der Waals surface area contributed by atoms with E-state index in [9.17, 15) is 14.4 Å². The largest absolute Gasteiger partial charge is 0.493 e. The molecule has 4 amide bonds. The number of benzene rings is 3. The van der Waals surface area contributed by atoms with E-state index in [-0.39, 0.29) is 22.9 Å². The molecule has 7 nitrogen and oxygen atoms in total. The first kappa shape index (κ1) is 24.8. The van der Waals surface area contributed by atoms with Gasteiger partial charge in [-0.05, 0) is 57.9 Å². The smallest absolute Gasteiger partial charge is 0.335 e. The molecule has 0 aliphatic carbocycles. The highest BCUT2D eigenvalue weighted by Gasteiger charge is 2.37. The van der Waals surface area contributed by atoms with Crippen LogP contribution in [0.15, 0.2) is 70.7 Å². The van der Waals surface area contributed by atoms with E-state index in [1.807, 2.05) is 18.2 Å². The third-order valence-electron chi connectivity index (χ3n) is 5.09. The molecule has 1 aliphatic heterocycles. The van der Waals surface area contributed by atoms with Crippen molar-refractivity contribution in [2.24, 2.45) is 0 Å². The van der Waals surface area contributed by atoms with Crippen LogP contribution in [-0.2, 0) is 16.2 Å². The second kappa shape index (κ2) is 10.5. The molecular weight excluding hydrogens is 559 g/mol. The van der Waals surface area contributed by atoms with Gasteiger partial charge in [-0.2, -0.15) is 0 Å². The molecule has 4 rings (SSSR count). The number of anilines is 1. The number of carbonyl (C=O) groups is 3. The summed E-state index contributed by atoms with van der Waals surface area (Å²) in [6, 6.07) is 16.0. The number of amides is 4. The molecule has 35 heavy (non-hydrogen) atoms. The van der Waals surface area contributed by atoms with Crippen molar-refractivity contribution in [3.05, 3.63) is 91.9 Å². The first-order valence-electron chi connectivity index (χ1n) is 10.2. The summed E-state index contributed by atoms with van der Waals surface area (Å²) in [4.78, 5) is 38.9. The molecule has 0 atom stereocenters. The highest BCUT2D eigenvalue weighted by atomic mass is 79.9. The molecule has 10 heteroatoms. The highest BCUT2D eigenvalue weighted by molar-refractivity contribution is 9.10. The molecule has 0 aromatic heterocycles. The molecule has 1 fully saturated rings. The first-order valence-corrected chi connectivity index (χ1v) is 11.7. The Morgan fingerprint density at radius 1 is 1.00 bits per heavy atom. The van der Waals surface area contributed by atoms with Gasteiger partial charge in [-0.15, -0.1) is 0 Å². The standard InChI is InChI=1S/C25H17BrCl2N2O5/c1-34-21-12-14(11-17(26)22(21)35-13-15-6-2-3-7-18(15)27)10-16-23(31)29-25(33)30(24(16)32)20-9-5-4-8-19(20)28/h2-12H,13H2,1H3,(H,29,31,33)/b16-10+. The van der Waals surface area contributed by atoms with E-state index < -0.39 is 17.8 Å². The SMILES string of the molecule is COc1cc(/C=C2\C(=O)NC(=O)N(c3ccccc3Cl)C2=O)cc(Br)c1OCc1ccccc1Cl. The number of nitrogens with zero attached hydrogens (tertiary/aromatic N) is 1. The average molecular weight is 576 g/mol. The van der Waals surface area contributed by atoms with Crippen molar-refractivity contribution in [1.82, 2.24) is 5.32 Å². The van der Waals surface area contributed by atoms with Gasteiger partial charge in [0, 0.05) is 10.6 Å². The summed E-state index contributed by atoms with van der Waals surface area (Å²) in [5.41, 5.74) is 1.18. The number of para-hydroxylation sites is 1. The van der Waals surface area contributed by atoms with E-state index in [0.717, 1.165) is 10.5 Å². The van der Waals surface area contributed by atoms with E-state index in [4.69, 9.17) is 32.7 Å². The Morgan fingerprint density at radius 3 is 2.37 bits per heavy atom. The van der Waals surface area contributed by atoms with E-state index >= 15 is 0 Å². The Bertz CT molecular complexity index is 1380. The molecule has 3 aromatic rings. The molecule has 1 aliphatic rings. The Hall–Kier alpha value is -3.33. The highest BCUT2D eigenvalue weighted by Crippen LogP contribution is 2.38. The van der Waals surface area contributed by atoms with E-state index in [1.165, 1.54) is 19.3 Å². The molecule has 3 aromatic carbocycles. The molecule has 1 N–H and O–H groups in total. The minimum atomic E-state index is -0.882. The van der Waals surface area contributed by atoms with E-state index in [0.29, 0.717) is 26.6 Å². The van der Waals surface area contributed by atoms with Gasteiger partial charge in [0.15, 0.2) is 11.5 Å². The number of methoxy groups -OCH3 is 1. The lowest BCUT2D eigenvalue weighted by Crippen LogP contribution is -2.54. The van der Waals surface area contributed by atoms with Gasteiger partial charge in [0.25, 0.3) is 11.8 Å². The van der Waals surface area contributed by atoms with Crippen LogP contribution < -0.4 is 19.7 Å². The fraction of sp³-hybridized carbons (Fsp3) is 0.0800. The van der Waals surface area contributed by atoms with Gasteiger partial charge >= 0.3 is 6.03 Å². The third kappa shape index (κ3) is 5.19. The van der Waals surface area contributed by atoms with Crippen LogP contribution in [0.2, 0.25) is 10.0 Å². The van der Waals surface area contributed by atoms with Crippen LogP contribution in [0.1, 0.15) is 11.1 Å². The minimum absolute atomic E-state index is 0.164. The van der Waals surface area contributed by atoms with Crippen molar-refractivity contribution in [3.8, 4) is 11.5 Å². The number of hydrogen-bond acceptors (Lipinski definition) is 5. The fourth-order valence-corrected chi connectivity index (χ4v) is 4.39. The zero-order valence-electron chi connectivity index (χ0n) is 18.2. The molecule has 0 radical (unpaired) electrons. The molecule has 0 unspecified atom stereocenters. The van der Waals surface area contributed by atoms with Crippen molar-refractivity contribution < 1.29 is 23.9 Å². The van der Waals surface area contributed by atoms with Crippen LogP contribution in [0.3, 0.4) is 0 Å². The summed E-state index contributed by atoms with van der Waals surface area (Å²) in [6.07, 6.45) is 1.36. The number of ether oxygens (including phenoxy) is 2. The number of nitrogens with one attached hydrogen (secondary N) is 1. The number of rotatable bonds is 6. The quantitative estimate of drug-likeness (QED) is 0.287. The van der Waals surface area contributed by atoms with Gasteiger partial charge in [-0.3, -0.25) is 14.9 Å². The minimum Gasteiger partial charge on any atom is -0.493 e. The number of carbonyl (C=O) groups excluding carboxylic acids is 3. The number of barbiturate groups is 1. The molecule has 0 spiro atoms. The second-order valence-electron chi connectivity index (χ2n) is 7.32. The predicted octanol–water partition coefficient (Wildman–Crippen LogP) is 6.01. The fourth-order valence-electron chi connectivity index (χ4n) is 3.40. The summed E-state index contributed by atoms with van der Waals surface area (Å²) in [6.45, 7) is 0.199. The third-order valence-corrected chi connectivity index (χ3v) is 6.37. The number of imide groups is 2.